The fourth-order valence-corrected chi connectivity index (χ4v) is 3.52. The first-order valence-electron chi connectivity index (χ1n) is 7.55. The van der Waals surface area contributed by atoms with E-state index in [1.165, 1.54) is 25.7 Å². The lowest BCUT2D eigenvalue weighted by atomic mass is 9.84. The molecule has 1 aliphatic carbocycles. The molecule has 0 aromatic carbocycles. The first-order chi connectivity index (χ1) is 9.65. The Morgan fingerprint density at radius 1 is 1.40 bits per heavy atom. The Bertz CT molecular complexity index is 427. The summed E-state index contributed by atoms with van der Waals surface area (Å²) in [6.07, 6.45) is 6.85. The normalized spacial score (nSPS) is 19.2. The zero-order valence-electron chi connectivity index (χ0n) is 13.1. The fraction of sp³-hybridized carbons (Fsp3) is 0.688. The van der Waals surface area contributed by atoms with Gasteiger partial charge in [-0.15, -0.1) is 0 Å². The lowest BCUT2D eigenvalue weighted by Gasteiger charge is -2.43. The van der Waals surface area contributed by atoms with E-state index < -0.39 is 0 Å². The Morgan fingerprint density at radius 2 is 2.10 bits per heavy atom. The summed E-state index contributed by atoms with van der Waals surface area (Å²) in [4.78, 5) is 7.00. The van der Waals surface area contributed by atoms with Crippen LogP contribution in [0.1, 0.15) is 44.3 Å². The highest BCUT2D eigenvalue weighted by Crippen LogP contribution is 2.44. The number of nitrogens with one attached hydrogen (secondary N) is 1. The molecule has 0 amide bonds. The molecule has 1 aromatic rings. The molecule has 1 unspecified atom stereocenters. The maximum Gasteiger partial charge on any atom is 0.142 e. The smallest absolute Gasteiger partial charge is 0.142 e. The summed E-state index contributed by atoms with van der Waals surface area (Å²) in [5.41, 5.74) is 1.17. The summed E-state index contributed by atoms with van der Waals surface area (Å²) >= 11 is 0. The SMILES string of the molecule is CCNC(c1ncccc1OC)C1(N(C)C)CCCC1. The van der Waals surface area contributed by atoms with Crippen LogP contribution in [0.2, 0.25) is 0 Å². The van der Waals surface area contributed by atoms with E-state index in [-0.39, 0.29) is 11.6 Å². The van der Waals surface area contributed by atoms with Crippen molar-refractivity contribution in [1.82, 2.24) is 15.2 Å². The number of aromatic nitrogens is 1. The number of hydrogen-bond acceptors (Lipinski definition) is 4. The van der Waals surface area contributed by atoms with Crippen molar-refractivity contribution in [2.75, 3.05) is 27.7 Å². The Hall–Kier alpha value is -1.13. The van der Waals surface area contributed by atoms with Crippen LogP contribution in [-0.2, 0) is 0 Å². The van der Waals surface area contributed by atoms with E-state index in [1.807, 2.05) is 18.3 Å². The minimum absolute atomic E-state index is 0.137. The second-order valence-electron chi connectivity index (χ2n) is 5.79. The topological polar surface area (TPSA) is 37.4 Å². The number of pyridine rings is 1. The van der Waals surface area contributed by atoms with Crippen molar-refractivity contribution in [2.24, 2.45) is 0 Å². The minimum Gasteiger partial charge on any atom is -0.495 e. The third kappa shape index (κ3) is 2.67. The summed E-state index contributed by atoms with van der Waals surface area (Å²) < 4.78 is 5.54. The van der Waals surface area contributed by atoms with Crippen molar-refractivity contribution >= 4 is 0 Å². The van der Waals surface area contributed by atoms with E-state index in [9.17, 15) is 0 Å². The molecule has 2 rings (SSSR count). The van der Waals surface area contributed by atoms with E-state index in [4.69, 9.17) is 4.74 Å². The fourth-order valence-electron chi connectivity index (χ4n) is 3.52. The molecule has 1 fully saturated rings. The molecular formula is C16H27N3O. The van der Waals surface area contributed by atoms with Gasteiger partial charge in [0.05, 0.1) is 13.2 Å². The maximum absolute atomic E-state index is 5.54. The molecular weight excluding hydrogens is 250 g/mol. The van der Waals surface area contributed by atoms with Gasteiger partial charge in [0.1, 0.15) is 11.4 Å². The van der Waals surface area contributed by atoms with Crippen LogP contribution in [0.3, 0.4) is 0 Å². The van der Waals surface area contributed by atoms with E-state index in [0.717, 1.165) is 18.0 Å². The van der Waals surface area contributed by atoms with Crippen molar-refractivity contribution < 1.29 is 4.74 Å². The van der Waals surface area contributed by atoms with E-state index >= 15 is 0 Å². The molecule has 1 atom stereocenters. The van der Waals surface area contributed by atoms with E-state index in [2.05, 4.69) is 36.2 Å². The molecule has 1 aromatic heterocycles. The molecule has 4 nitrogen and oxygen atoms in total. The predicted molar refractivity (Wildman–Crippen MR) is 82.1 cm³/mol. The first-order valence-corrected chi connectivity index (χ1v) is 7.55. The molecule has 1 saturated carbocycles. The number of hydrogen-bond donors (Lipinski definition) is 1. The third-order valence-electron chi connectivity index (χ3n) is 4.60. The van der Waals surface area contributed by atoms with Crippen LogP contribution in [0.25, 0.3) is 0 Å². The second-order valence-corrected chi connectivity index (χ2v) is 5.79. The van der Waals surface area contributed by atoms with Crippen molar-refractivity contribution in [3.63, 3.8) is 0 Å². The molecule has 0 bridgehead atoms. The van der Waals surface area contributed by atoms with Crippen LogP contribution in [0, 0.1) is 0 Å². The van der Waals surface area contributed by atoms with Gasteiger partial charge in [0.2, 0.25) is 0 Å². The molecule has 0 spiro atoms. The average molecular weight is 277 g/mol. The molecule has 1 N–H and O–H groups in total. The number of likely N-dealkylation sites (N-methyl/N-ethyl adjacent to an activating group) is 2. The van der Waals surface area contributed by atoms with Crippen molar-refractivity contribution in [2.45, 2.75) is 44.2 Å². The maximum atomic E-state index is 5.54. The van der Waals surface area contributed by atoms with Gasteiger partial charge in [-0.05, 0) is 45.6 Å². The van der Waals surface area contributed by atoms with Gasteiger partial charge in [0.25, 0.3) is 0 Å². The summed E-state index contributed by atoms with van der Waals surface area (Å²) in [6, 6.07) is 4.15. The first kappa shape index (κ1) is 15.3. The third-order valence-corrected chi connectivity index (χ3v) is 4.60. The van der Waals surface area contributed by atoms with Gasteiger partial charge in [0.15, 0.2) is 0 Å². The average Bonchev–Trinajstić information content (AvgIpc) is 2.95. The zero-order valence-corrected chi connectivity index (χ0v) is 13.1. The van der Waals surface area contributed by atoms with Crippen molar-refractivity contribution in [1.29, 1.82) is 0 Å². The number of methoxy groups -OCH3 is 1. The van der Waals surface area contributed by atoms with Crippen LogP contribution >= 0.6 is 0 Å². The van der Waals surface area contributed by atoms with Gasteiger partial charge in [-0.3, -0.25) is 4.98 Å². The van der Waals surface area contributed by atoms with Crippen molar-refractivity contribution in [3.8, 4) is 5.75 Å². The second kappa shape index (κ2) is 6.55. The van der Waals surface area contributed by atoms with Crippen molar-refractivity contribution in [3.05, 3.63) is 24.0 Å². The Morgan fingerprint density at radius 3 is 2.65 bits per heavy atom. The van der Waals surface area contributed by atoms with Gasteiger partial charge >= 0.3 is 0 Å². The quantitative estimate of drug-likeness (QED) is 0.867. The standard InChI is InChI=1S/C16H27N3O/c1-5-17-15(14-13(20-4)9-8-12-18-14)16(19(2)3)10-6-7-11-16/h8-9,12,15,17H,5-7,10-11H2,1-4H3. The molecule has 112 valence electrons. The lowest BCUT2D eigenvalue weighted by molar-refractivity contribution is 0.102. The molecule has 0 radical (unpaired) electrons. The predicted octanol–water partition coefficient (Wildman–Crippen LogP) is 2.62. The number of nitrogens with zero attached hydrogens (tertiary/aromatic N) is 2. The van der Waals surface area contributed by atoms with Crippen LogP contribution < -0.4 is 10.1 Å². The van der Waals surface area contributed by atoms with Crippen LogP contribution in [0.5, 0.6) is 5.75 Å². The molecule has 1 heterocycles. The van der Waals surface area contributed by atoms with Gasteiger partial charge in [-0.2, -0.15) is 0 Å². The van der Waals surface area contributed by atoms with Crippen LogP contribution in [0.4, 0.5) is 0 Å². The Balaban J connectivity index is 2.44. The molecule has 0 saturated heterocycles. The highest BCUT2D eigenvalue weighted by Gasteiger charge is 2.45. The number of ether oxygens (including phenoxy) is 1. The van der Waals surface area contributed by atoms with Crippen LogP contribution in [-0.4, -0.2) is 43.2 Å². The lowest BCUT2D eigenvalue weighted by Crippen LogP contribution is -2.52. The largest absolute Gasteiger partial charge is 0.495 e. The number of rotatable bonds is 6. The summed E-state index contributed by atoms with van der Waals surface area (Å²) in [7, 11) is 6.09. The molecule has 20 heavy (non-hydrogen) atoms. The Kier molecular flexibility index (Phi) is 5.00. The van der Waals surface area contributed by atoms with Gasteiger partial charge in [0, 0.05) is 11.7 Å². The summed E-state index contributed by atoms with van der Waals surface area (Å²) in [5.74, 6) is 0.881. The highest BCUT2D eigenvalue weighted by atomic mass is 16.5. The molecule has 1 aliphatic rings. The zero-order chi connectivity index (χ0) is 14.6. The van der Waals surface area contributed by atoms with Gasteiger partial charge in [-0.25, -0.2) is 0 Å². The van der Waals surface area contributed by atoms with Gasteiger partial charge in [-0.1, -0.05) is 19.8 Å². The van der Waals surface area contributed by atoms with Crippen LogP contribution in [0.15, 0.2) is 18.3 Å². The Labute approximate surface area is 122 Å². The summed E-state index contributed by atoms with van der Waals surface area (Å²) in [6.45, 7) is 3.08. The van der Waals surface area contributed by atoms with Gasteiger partial charge < -0.3 is 15.0 Å². The van der Waals surface area contributed by atoms with E-state index in [0.29, 0.717) is 0 Å². The van der Waals surface area contributed by atoms with E-state index in [1.54, 1.807) is 7.11 Å². The monoisotopic (exact) mass is 277 g/mol. The highest BCUT2D eigenvalue weighted by molar-refractivity contribution is 5.32. The molecule has 0 aliphatic heterocycles. The minimum atomic E-state index is 0.137. The molecule has 4 heteroatoms. The summed E-state index contributed by atoms with van der Waals surface area (Å²) in [5, 5.41) is 3.65.